The van der Waals surface area contributed by atoms with Crippen LogP contribution >= 0.6 is 0 Å². The molecule has 2 aliphatic carbocycles. The zero-order valence-corrected chi connectivity index (χ0v) is 13.0. The standard InChI is InChI=1S/C17H28N4/c18-10-12-5-8-16-19-20-17(21(16)11-12)15-7-6-13-3-1-2-4-14(13)9-15/h12-15H,1-11,18H2. The van der Waals surface area contributed by atoms with Crippen LogP contribution < -0.4 is 5.73 Å². The van der Waals surface area contributed by atoms with Crippen molar-refractivity contribution in [3.05, 3.63) is 11.6 Å². The Morgan fingerprint density at radius 2 is 1.86 bits per heavy atom. The van der Waals surface area contributed by atoms with Crippen molar-refractivity contribution in [2.75, 3.05) is 6.54 Å². The molecule has 4 rings (SSSR count). The summed E-state index contributed by atoms with van der Waals surface area (Å²) in [6.45, 7) is 1.85. The van der Waals surface area contributed by atoms with Gasteiger partial charge >= 0.3 is 0 Å². The van der Waals surface area contributed by atoms with E-state index in [1.807, 2.05) is 0 Å². The van der Waals surface area contributed by atoms with Gasteiger partial charge in [-0.25, -0.2) is 0 Å². The number of nitrogens with two attached hydrogens (primary N) is 1. The average Bonchev–Trinajstić information content (AvgIpc) is 2.97. The van der Waals surface area contributed by atoms with Gasteiger partial charge in [0.1, 0.15) is 11.6 Å². The largest absolute Gasteiger partial charge is 0.330 e. The van der Waals surface area contributed by atoms with Crippen molar-refractivity contribution < 1.29 is 0 Å². The lowest BCUT2D eigenvalue weighted by Crippen LogP contribution is -2.31. The van der Waals surface area contributed by atoms with Gasteiger partial charge in [-0.3, -0.25) is 0 Å². The molecular weight excluding hydrogens is 260 g/mol. The van der Waals surface area contributed by atoms with Gasteiger partial charge in [0, 0.05) is 18.9 Å². The smallest absolute Gasteiger partial charge is 0.136 e. The lowest BCUT2D eigenvalue weighted by molar-refractivity contribution is 0.150. The van der Waals surface area contributed by atoms with Crippen LogP contribution in [0.25, 0.3) is 0 Å². The van der Waals surface area contributed by atoms with Gasteiger partial charge < -0.3 is 10.3 Å². The van der Waals surface area contributed by atoms with Gasteiger partial charge in [0.2, 0.25) is 0 Å². The third-order valence-electron chi connectivity index (χ3n) is 6.31. The minimum Gasteiger partial charge on any atom is -0.330 e. The van der Waals surface area contributed by atoms with Crippen molar-refractivity contribution in [2.45, 2.75) is 70.3 Å². The summed E-state index contributed by atoms with van der Waals surface area (Å²) in [6, 6.07) is 0. The fourth-order valence-corrected chi connectivity index (χ4v) is 5.02. The molecule has 2 N–H and O–H groups in total. The third kappa shape index (κ3) is 2.52. The van der Waals surface area contributed by atoms with E-state index in [9.17, 15) is 0 Å². The molecule has 4 unspecified atom stereocenters. The molecule has 0 saturated heterocycles. The summed E-state index contributed by atoms with van der Waals surface area (Å²) < 4.78 is 2.43. The van der Waals surface area contributed by atoms with Crippen molar-refractivity contribution in [1.29, 1.82) is 0 Å². The summed E-state index contributed by atoms with van der Waals surface area (Å²) in [6.07, 6.45) is 12.2. The average molecular weight is 288 g/mol. The maximum atomic E-state index is 5.89. The second-order valence-electron chi connectivity index (χ2n) is 7.54. The molecule has 116 valence electrons. The molecule has 2 saturated carbocycles. The van der Waals surface area contributed by atoms with E-state index >= 15 is 0 Å². The molecule has 21 heavy (non-hydrogen) atoms. The van der Waals surface area contributed by atoms with Crippen molar-refractivity contribution >= 4 is 0 Å². The number of aryl methyl sites for hydroxylation is 1. The SMILES string of the molecule is NCC1CCc2nnc(C3CCC4CCCCC4C3)n2C1. The molecule has 0 spiro atoms. The molecule has 0 aromatic carbocycles. The highest BCUT2D eigenvalue weighted by Gasteiger charge is 2.35. The molecule has 2 fully saturated rings. The second kappa shape index (κ2) is 5.71. The number of nitrogens with zero attached hydrogens (tertiary/aromatic N) is 3. The summed E-state index contributed by atoms with van der Waals surface area (Å²) in [5.74, 6) is 5.74. The van der Waals surface area contributed by atoms with Crippen LogP contribution in [-0.4, -0.2) is 21.3 Å². The first-order valence-corrected chi connectivity index (χ1v) is 8.97. The highest BCUT2D eigenvalue weighted by atomic mass is 15.3. The molecule has 3 aliphatic rings. The quantitative estimate of drug-likeness (QED) is 0.910. The van der Waals surface area contributed by atoms with Crippen LogP contribution in [0, 0.1) is 17.8 Å². The van der Waals surface area contributed by atoms with Gasteiger partial charge in [-0.15, -0.1) is 10.2 Å². The molecule has 4 nitrogen and oxygen atoms in total. The minimum absolute atomic E-state index is 0.623. The predicted molar refractivity (Wildman–Crippen MR) is 82.9 cm³/mol. The number of aromatic nitrogens is 3. The monoisotopic (exact) mass is 288 g/mol. The summed E-state index contributed by atoms with van der Waals surface area (Å²) in [4.78, 5) is 0. The van der Waals surface area contributed by atoms with Gasteiger partial charge in [0.05, 0.1) is 0 Å². The Labute approximate surface area is 127 Å². The van der Waals surface area contributed by atoms with Crippen molar-refractivity contribution in [3.8, 4) is 0 Å². The maximum Gasteiger partial charge on any atom is 0.136 e. The van der Waals surface area contributed by atoms with Crippen molar-refractivity contribution in [1.82, 2.24) is 14.8 Å². The number of fused-ring (bicyclic) bond motifs is 2. The zero-order valence-electron chi connectivity index (χ0n) is 13.0. The fourth-order valence-electron chi connectivity index (χ4n) is 5.02. The highest BCUT2D eigenvalue weighted by Crippen LogP contribution is 2.46. The maximum absolute atomic E-state index is 5.89. The normalized spacial score (nSPS) is 36.0. The van der Waals surface area contributed by atoms with Gasteiger partial charge in [-0.1, -0.05) is 25.7 Å². The Morgan fingerprint density at radius 1 is 1.00 bits per heavy atom. The second-order valence-corrected chi connectivity index (χ2v) is 7.54. The van der Waals surface area contributed by atoms with Gasteiger partial charge in [0.15, 0.2) is 0 Å². The summed E-state index contributed by atoms with van der Waals surface area (Å²) in [5.41, 5.74) is 5.89. The van der Waals surface area contributed by atoms with E-state index in [1.165, 1.54) is 63.0 Å². The Bertz CT molecular complexity index is 495. The summed E-state index contributed by atoms with van der Waals surface area (Å²) in [5, 5.41) is 9.08. The van der Waals surface area contributed by atoms with Crippen LogP contribution in [0.4, 0.5) is 0 Å². The third-order valence-corrected chi connectivity index (χ3v) is 6.31. The van der Waals surface area contributed by atoms with Crippen LogP contribution in [0.3, 0.4) is 0 Å². The molecule has 1 aliphatic heterocycles. The Morgan fingerprint density at radius 3 is 2.71 bits per heavy atom. The van der Waals surface area contributed by atoms with E-state index in [2.05, 4.69) is 14.8 Å². The Kier molecular flexibility index (Phi) is 3.74. The van der Waals surface area contributed by atoms with Crippen LogP contribution in [-0.2, 0) is 13.0 Å². The number of hydrogen-bond acceptors (Lipinski definition) is 3. The van der Waals surface area contributed by atoms with Crippen LogP contribution in [0.5, 0.6) is 0 Å². The number of hydrogen-bond donors (Lipinski definition) is 1. The molecule has 4 heteroatoms. The lowest BCUT2D eigenvalue weighted by atomic mass is 9.67. The Hall–Kier alpha value is -0.900. The summed E-state index contributed by atoms with van der Waals surface area (Å²) in [7, 11) is 0. The van der Waals surface area contributed by atoms with E-state index in [0.717, 1.165) is 31.3 Å². The first-order chi connectivity index (χ1) is 10.3. The molecule has 1 aromatic heterocycles. The molecule has 1 aromatic rings. The number of rotatable bonds is 2. The van der Waals surface area contributed by atoms with E-state index in [-0.39, 0.29) is 0 Å². The molecule has 0 radical (unpaired) electrons. The van der Waals surface area contributed by atoms with Crippen molar-refractivity contribution in [3.63, 3.8) is 0 Å². The fraction of sp³-hybridized carbons (Fsp3) is 0.882. The summed E-state index contributed by atoms with van der Waals surface area (Å²) >= 11 is 0. The van der Waals surface area contributed by atoms with E-state index in [4.69, 9.17) is 5.73 Å². The highest BCUT2D eigenvalue weighted by molar-refractivity contribution is 5.07. The van der Waals surface area contributed by atoms with E-state index in [1.54, 1.807) is 0 Å². The van der Waals surface area contributed by atoms with E-state index < -0.39 is 0 Å². The van der Waals surface area contributed by atoms with E-state index in [0.29, 0.717) is 11.8 Å². The van der Waals surface area contributed by atoms with Gasteiger partial charge in [-0.2, -0.15) is 0 Å². The van der Waals surface area contributed by atoms with Gasteiger partial charge in [-0.05, 0) is 50.0 Å². The van der Waals surface area contributed by atoms with Crippen LogP contribution in [0.15, 0.2) is 0 Å². The minimum atomic E-state index is 0.623. The van der Waals surface area contributed by atoms with Gasteiger partial charge in [0.25, 0.3) is 0 Å². The molecule has 4 atom stereocenters. The van der Waals surface area contributed by atoms with Crippen LogP contribution in [0.2, 0.25) is 0 Å². The lowest BCUT2D eigenvalue weighted by Gasteiger charge is -2.39. The molecule has 2 heterocycles. The first-order valence-electron chi connectivity index (χ1n) is 8.97. The van der Waals surface area contributed by atoms with Crippen LogP contribution in [0.1, 0.15) is 68.9 Å². The first kappa shape index (κ1) is 13.7. The Balaban J connectivity index is 1.53. The molecule has 0 bridgehead atoms. The predicted octanol–water partition coefficient (Wildman–Crippen LogP) is 2.87. The van der Waals surface area contributed by atoms with Crippen molar-refractivity contribution in [2.24, 2.45) is 23.5 Å². The molecule has 0 amide bonds. The topological polar surface area (TPSA) is 56.7 Å². The molecular formula is C17H28N4. The zero-order chi connectivity index (χ0) is 14.2.